The van der Waals surface area contributed by atoms with Crippen LogP contribution in [0.2, 0.25) is 0 Å². The van der Waals surface area contributed by atoms with Crippen LogP contribution in [-0.2, 0) is 7.05 Å². The van der Waals surface area contributed by atoms with Gasteiger partial charge in [0.1, 0.15) is 5.75 Å². The average Bonchev–Trinajstić information content (AvgIpc) is 3.19. The fourth-order valence-electron chi connectivity index (χ4n) is 4.21. The standard InChI is InChI=1S/C25H19NO3/c1-26-19-15-9-8-14-18(19)23-21(25(26)28)20(16-10-4-2-5-11-16)24(29-23)22(27)17-12-6-3-7-13-17/h2-15,20,24H,1H3. The summed E-state index contributed by atoms with van der Waals surface area (Å²) in [6, 6.07) is 26.4. The van der Waals surface area contributed by atoms with E-state index in [1.165, 1.54) is 0 Å². The monoisotopic (exact) mass is 381 g/mol. The van der Waals surface area contributed by atoms with Crippen molar-refractivity contribution in [1.82, 2.24) is 4.57 Å². The van der Waals surface area contributed by atoms with Crippen molar-refractivity contribution in [3.8, 4) is 5.75 Å². The third-order valence-electron chi connectivity index (χ3n) is 5.62. The molecule has 5 rings (SSSR count). The second-order valence-electron chi connectivity index (χ2n) is 7.28. The summed E-state index contributed by atoms with van der Waals surface area (Å²) in [4.78, 5) is 26.7. The highest BCUT2D eigenvalue weighted by atomic mass is 16.5. The number of fused-ring (bicyclic) bond motifs is 3. The number of carbonyl (C=O) groups excluding carboxylic acids is 1. The van der Waals surface area contributed by atoms with Gasteiger partial charge < -0.3 is 9.30 Å². The van der Waals surface area contributed by atoms with Crippen LogP contribution < -0.4 is 10.3 Å². The lowest BCUT2D eigenvalue weighted by Crippen LogP contribution is -2.32. The van der Waals surface area contributed by atoms with Crippen LogP contribution in [0.4, 0.5) is 0 Å². The molecule has 0 N–H and O–H groups in total. The molecule has 29 heavy (non-hydrogen) atoms. The van der Waals surface area contributed by atoms with Gasteiger partial charge in [-0.25, -0.2) is 0 Å². The van der Waals surface area contributed by atoms with E-state index in [2.05, 4.69) is 0 Å². The number of benzene rings is 3. The molecule has 1 aliphatic rings. The van der Waals surface area contributed by atoms with E-state index in [1.54, 1.807) is 23.7 Å². The molecule has 2 heterocycles. The lowest BCUT2D eigenvalue weighted by molar-refractivity contribution is 0.0808. The Morgan fingerprint density at radius 2 is 1.48 bits per heavy atom. The van der Waals surface area contributed by atoms with E-state index < -0.39 is 12.0 Å². The van der Waals surface area contributed by atoms with Crippen LogP contribution in [0.3, 0.4) is 0 Å². The van der Waals surface area contributed by atoms with Crippen LogP contribution in [0, 0.1) is 0 Å². The molecule has 0 saturated carbocycles. The number of carbonyl (C=O) groups is 1. The van der Waals surface area contributed by atoms with Gasteiger partial charge in [-0.15, -0.1) is 0 Å². The minimum atomic E-state index is -0.784. The van der Waals surface area contributed by atoms with Crippen molar-refractivity contribution in [3.63, 3.8) is 0 Å². The van der Waals surface area contributed by atoms with Gasteiger partial charge in [0, 0.05) is 18.0 Å². The lowest BCUT2D eigenvalue weighted by Gasteiger charge is -2.18. The summed E-state index contributed by atoms with van der Waals surface area (Å²) in [5.74, 6) is -0.0594. The van der Waals surface area contributed by atoms with Gasteiger partial charge in [-0.2, -0.15) is 0 Å². The minimum Gasteiger partial charge on any atom is -0.480 e. The van der Waals surface area contributed by atoms with Crippen LogP contribution in [-0.4, -0.2) is 16.5 Å². The number of pyridine rings is 1. The molecule has 1 aliphatic heterocycles. The molecule has 0 fully saturated rings. The van der Waals surface area contributed by atoms with Crippen molar-refractivity contribution in [2.75, 3.05) is 0 Å². The van der Waals surface area contributed by atoms with Crippen LogP contribution in [0.1, 0.15) is 27.4 Å². The Hall–Kier alpha value is -3.66. The highest BCUT2D eigenvalue weighted by Gasteiger charge is 2.43. The normalized spacial score (nSPS) is 17.7. The number of aryl methyl sites for hydroxylation is 1. The maximum atomic E-state index is 13.4. The summed E-state index contributed by atoms with van der Waals surface area (Å²) >= 11 is 0. The van der Waals surface area contributed by atoms with Crippen LogP contribution in [0.15, 0.2) is 89.7 Å². The van der Waals surface area contributed by atoms with Gasteiger partial charge in [0.2, 0.25) is 5.78 Å². The van der Waals surface area contributed by atoms with Crippen LogP contribution in [0.25, 0.3) is 10.9 Å². The fourth-order valence-corrected chi connectivity index (χ4v) is 4.21. The first kappa shape index (κ1) is 17.4. The number of ketones is 1. The minimum absolute atomic E-state index is 0.123. The van der Waals surface area contributed by atoms with Crippen LogP contribution >= 0.6 is 0 Å². The molecule has 4 nitrogen and oxygen atoms in total. The average molecular weight is 381 g/mol. The number of ether oxygens (including phenoxy) is 1. The molecule has 0 aliphatic carbocycles. The molecule has 1 aromatic heterocycles. The molecule has 0 amide bonds. The summed E-state index contributed by atoms with van der Waals surface area (Å²) in [6.45, 7) is 0. The molecule has 3 aromatic carbocycles. The molecule has 4 aromatic rings. The lowest BCUT2D eigenvalue weighted by atomic mass is 9.85. The Kier molecular flexibility index (Phi) is 4.06. The second-order valence-corrected chi connectivity index (χ2v) is 7.28. The Bertz CT molecular complexity index is 1280. The van der Waals surface area contributed by atoms with Crippen molar-refractivity contribution in [1.29, 1.82) is 0 Å². The first-order chi connectivity index (χ1) is 14.2. The maximum absolute atomic E-state index is 13.4. The molecule has 4 heteroatoms. The molecule has 0 spiro atoms. The van der Waals surface area contributed by atoms with Crippen molar-refractivity contribution in [2.45, 2.75) is 12.0 Å². The topological polar surface area (TPSA) is 48.3 Å². The quantitative estimate of drug-likeness (QED) is 0.497. The van der Waals surface area contributed by atoms with E-state index in [0.717, 1.165) is 16.5 Å². The highest BCUT2D eigenvalue weighted by molar-refractivity contribution is 6.02. The van der Waals surface area contributed by atoms with Crippen molar-refractivity contribution in [2.24, 2.45) is 7.05 Å². The van der Waals surface area contributed by atoms with E-state index >= 15 is 0 Å². The summed E-state index contributed by atoms with van der Waals surface area (Å²) in [5.41, 5.74) is 2.68. The van der Waals surface area contributed by atoms with E-state index in [0.29, 0.717) is 16.9 Å². The Morgan fingerprint density at radius 3 is 2.21 bits per heavy atom. The third kappa shape index (κ3) is 2.68. The number of nitrogens with zero attached hydrogens (tertiary/aromatic N) is 1. The number of rotatable bonds is 3. The predicted molar refractivity (Wildman–Crippen MR) is 113 cm³/mol. The van der Waals surface area contributed by atoms with Crippen molar-refractivity contribution >= 4 is 16.7 Å². The molecule has 0 radical (unpaired) electrons. The summed E-state index contributed by atoms with van der Waals surface area (Å²) in [5, 5.41) is 0.842. The van der Waals surface area contributed by atoms with E-state index in [-0.39, 0.29) is 11.3 Å². The smallest absolute Gasteiger partial charge is 0.258 e. The molecule has 2 unspecified atom stereocenters. The van der Waals surface area contributed by atoms with E-state index in [4.69, 9.17) is 4.74 Å². The first-order valence-electron chi connectivity index (χ1n) is 9.59. The molecular weight excluding hydrogens is 362 g/mol. The summed E-state index contributed by atoms with van der Waals surface area (Å²) < 4.78 is 7.92. The van der Waals surface area contributed by atoms with E-state index in [1.807, 2.05) is 72.8 Å². The van der Waals surface area contributed by atoms with Gasteiger partial charge in [-0.1, -0.05) is 72.8 Å². The van der Waals surface area contributed by atoms with Crippen LogP contribution in [0.5, 0.6) is 5.75 Å². The molecule has 142 valence electrons. The zero-order valence-corrected chi connectivity index (χ0v) is 15.9. The largest absolute Gasteiger partial charge is 0.480 e. The zero-order chi connectivity index (χ0) is 20.0. The molecule has 0 saturated heterocycles. The first-order valence-corrected chi connectivity index (χ1v) is 9.59. The van der Waals surface area contributed by atoms with Gasteiger partial charge >= 0.3 is 0 Å². The molecule has 2 atom stereocenters. The van der Waals surface area contributed by atoms with E-state index in [9.17, 15) is 9.59 Å². The predicted octanol–water partition coefficient (Wildman–Crippen LogP) is 4.31. The molecular formula is C25H19NO3. The Balaban J connectivity index is 1.77. The Morgan fingerprint density at radius 1 is 0.862 bits per heavy atom. The fraction of sp³-hybridized carbons (Fsp3) is 0.120. The second kappa shape index (κ2) is 6.74. The van der Waals surface area contributed by atoms with Crippen molar-refractivity contribution in [3.05, 3.63) is 112 Å². The van der Waals surface area contributed by atoms with Gasteiger partial charge in [0.05, 0.1) is 17.0 Å². The van der Waals surface area contributed by atoms with Gasteiger partial charge in [-0.3, -0.25) is 9.59 Å². The maximum Gasteiger partial charge on any atom is 0.258 e. The number of hydrogen-bond donors (Lipinski definition) is 0. The Labute approximate surface area is 168 Å². The van der Waals surface area contributed by atoms with Crippen molar-refractivity contribution < 1.29 is 9.53 Å². The summed E-state index contributed by atoms with van der Waals surface area (Å²) in [6.07, 6.45) is -0.784. The molecule has 0 bridgehead atoms. The third-order valence-corrected chi connectivity index (χ3v) is 5.62. The number of aromatic nitrogens is 1. The SMILES string of the molecule is Cn1c(=O)c2c(c3ccccc31)OC(C(=O)c1ccccc1)C2c1ccccc1. The summed E-state index contributed by atoms with van der Waals surface area (Å²) in [7, 11) is 1.76. The number of Topliss-reactive ketones (excluding diaryl/α,β-unsaturated/α-hetero) is 1. The number of para-hydroxylation sites is 1. The van der Waals surface area contributed by atoms with Gasteiger partial charge in [0.15, 0.2) is 6.10 Å². The van der Waals surface area contributed by atoms with Gasteiger partial charge in [0.25, 0.3) is 5.56 Å². The number of hydrogen-bond acceptors (Lipinski definition) is 3. The zero-order valence-electron chi connectivity index (χ0n) is 15.9. The van der Waals surface area contributed by atoms with Gasteiger partial charge in [-0.05, 0) is 17.7 Å². The highest BCUT2D eigenvalue weighted by Crippen LogP contribution is 2.44.